The Morgan fingerprint density at radius 1 is 0.636 bits per heavy atom. The summed E-state index contributed by atoms with van der Waals surface area (Å²) in [6.07, 6.45) is 0. The number of hydrogen-bond donors (Lipinski definition) is 0. The van der Waals surface area contributed by atoms with Crippen LogP contribution in [0.1, 0.15) is 110 Å². The Hall–Kier alpha value is -4.64. The minimum Gasteiger partial charge on any atom is -0.497 e. The van der Waals surface area contributed by atoms with Crippen LogP contribution < -0.4 is 4.74 Å². The fourth-order valence-electron chi connectivity index (χ4n) is 7.07. The maximum Gasteiger partial charge on any atom is 0.163 e. The van der Waals surface area contributed by atoms with Crippen molar-refractivity contribution in [2.75, 3.05) is 7.11 Å². The molecular weight excluding hydrogens is 748 g/mol. The van der Waals surface area contributed by atoms with Gasteiger partial charge in [-0.2, -0.15) is 0 Å². The standard InChI is InChI=1S/C22H23ClN4O.C21H23ClN4S/c1-13-25-26-21-20(22(2,3)4)24-19(14-6-8-15(23)9-7-14)17-12-16(28-5)10-11-18(17)27(13)21;1-11-12(2)27-20-16(11)17(14-7-9-15(22)10-8-14)23-18(21(4,5)6)19-25-24-13(3)26(19)20/h6-12,20H,1-5H3;7-10,18H,1-6H3. The summed E-state index contributed by atoms with van der Waals surface area (Å²) in [6.45, 7) is 21.4. The highest BCUT2D eigenvalue weighted by molar-refractivity contribution is 7.15. The van der Waals surface area contributed by atoms with Crippen molar-refractivity contribution in [3.63, 3.8) is 0 Å². The van der Waals surface area contributed by atoms with Gasteiger partial charge in [0, 0.05) is 37.2 Å². The average Bonchev–Trinajstić information content (AvgIpc) is 3.71. The Kier molecular flexibility index (Phi) is 10.2. The van der Waals surface area contributed by atoms with Crippen LogP contribution in [0.15, 0.2) is 76.7 Å². The summed E-state index contributed by atoms with van der Waals surface area (Å²) in [7, 11) is 1.67. The number of halogens is 2. The molecule has 9 nitrogen and oxygen atoms in total. The normalized spacial score (nSPS) is 16.3. The molecule has 0 N–H and O–H groups in total. The molecule has 0 radical (unpaired) electrons. The third-order valence-corrected chi connectivity index (χ3v) is 11.8. The summed E-state index contributed by atoms with van der Waals surface area (Å²) < 4.78 is 9.81. The first kappa shape index (κ1) is 38.6. The van der Waals surface area contributed by atoms with Gasteiger partial charge in [0.15, 0.2) is 11.6 Å². The molecule has 2 atom stereocenters. The van der Waals surface area contributed by atoms with Gasteiger partial charge in [-0.05, 0) is 86.6 Å². The van der Waals surface area contributed by atoms with Gasteiger partial charge in [-0.15, -0.1) is 31.7 Å². The van der Waals surface area contributed by atoms with Crippen molar-refractivity contribution >= 4 is 46.0 Å². The van der Waals surface area contributed by atoms with Crippen LogP contribution in [-0.4, -0.2) is 48.1 Å². The average molecular weight is 794 g/mol. The van der Waals surface area contributed by atoms with E-state index >= 15 is 0 Å². The number of hydrogen-bond acceptors (Lipinski definition) is 8. The molecule has 0 spiro atoms. The Bertz CT molecular complexity index is 2460. The fourth-order valence-corrected chi connectivity index (χ4v) is 8.53. The monoisotopic (exact) mass is 792 g/mol. The lowest BCUT2D eigenvalue weighted by Crippen LogP contribution is -2.20. The van der Waals surface area contributed by atoms with Gasteiger partial charge in [0.25, 0.3) is 0 Å². The van der Waals surface area contributed by atoms with Crippen molar-refractivity contribution in [3.8, 4) is 16.4 Å². The minimum absolute atomic E-state index is 0.0913. The molecule has 0 aliphatic carbocycles. The molecule has 284 valence electrons. The number of rotatable bonds is 3. The van der Waals surface area contributed by atoms with E-state index in [9.17, 15) is 0 Å². The number of fused-ring (bicyclic) bond motifs is 6. The Morgan fingerprint density at radius 3 is 1.65 bits per heavy atom. The van der Waals surface area contributed by atoms with E-state index < -0.39 is 0 Å². The van der Waals surface area contributed by atoms with Crippen LogP contribution >= 0.6 is 34.5 Å². The molecule has 0 saturated carbocycles. The van der Waals surface area contributed by atoms with Crippen LogP contribution in [0.4, 0.5) is 0 Å². The fraction of sp³-hybridized carbons (Fsp3) is 0.349. The van der Waals surface area contributed by atoms with Crippen molar-refractivity contribution in [2.24, 2.45) is 20.8 Å². The highest BCUT2D eigenvalue weighted by atomic mass is 35.5. The largest absolute Gasteiger partial charge is 0.497 e. The predicted octanol–water partition coefficient (Wildman–Crippen LogP) is 11.0. The quantitative estimate of drug-likeness (QED) is 0.178. The smallest absolute Gasteiger partial charge is 0.163 e. The van der Waals surface area contributed by atoms with E-state index in [1.54, 1.807) is 18.4 Å². The molecule has 6 aromatic rings. The predicted molar refractivity (Wildman–Crippen MR) is 225 cm³/mol. The molecule has 0 saturated heterocycles. The molecule has 8 rings (SSSR count). The second-order valence-electron chi connectivity index (χ2n) is 16.2. The lowest BCUT2D eigenvalue weighted by Gasteiger charge is -2.26. The Labute approximate surface area is 337 Å². The summed E-state index contributed by atoms with van der Waals surface area (Å²) in [5, 5.41) is 20.4. The number of aryl methyl sites for hydroxylation is 3. The van der Waals surface area contributed by atoms with Crippen molar-refractivity contribution in [2.45, 2.75) is 81.3 Å². The van der Waals surface area contributed by atoms with Crippen LogP contribution in [-0.2, 0) is 0 Å². The highest BCUT2D eigenvalue weighted by Crippen LogP contribution is 2.44. The molecule has 3 aromatic heterocycles. The molecule has 55 heavy (non-hydrogen) atoms. The maximum absolute atomic E-state index is 6.14. The van der Waals surface area contributed by atoms with Gasteiger partial charge in [0.1, 0.15) is 34.5 Å². The van der Waals surface area contributed by atoms with Crippen LogP contribution in [0, 0.1) is 38.5 Å². The first-order valence-corrected chi connectivity index (χ1v) is 19.9. The zero-order valence-corrected chi connectivity index (χ0v) is 35.5. The maximum atomic E-state index is 6.14. The molecular formula is C43H46Cl2N8OS. The van der Waals surface area contributed by atoms with E-state index in [2.05, 4.69) is 97.1 Å². The van der Waals surface area contributed by atoms with E-state index in [4.69, 9.17) is 37.9 Å². The van der Waals surface area contributed by atoms with Crippen molar-refractivity contribution in [1.29, 1.82) is 0 Å². The Balaban J connectivity index is 0.000000169. The van der Waals surface area contributed by atoms with Crippen molar-refractivity contribution in [1.82, 2.24) is 29.5 Å². The summed E-state index contributed by atoms with van der Waals surface area (Å²) in [4.78, 5) is 11.8. The van der Waals surface area contributed by atoms with Crippen LogP contribution in [0.2, 0.25) is 10.0 Å². The van der Waals surface area contributed by atoms with Gasteiger partial charge in [0.2, 0.25) is 0 Å². The molecule has 0 fully saturated rings. The van der Waals surface area contributed by atoms with Crippen molar-refractivity contribution in [3.05, 3.63) is 133 Å². The van der Waals surface area contributed by atoms with Crippen molar-refractivity contribution < 1.29 is 4.74 Å². The molecule has 0 bridgehead atoms. The number of thiophene rings is 1. The summed E-state index contributed by atoms with van der Waals surface area (Å²) in [6, 6.07) is 21.5. The molecule has 12 heteroatoms. The molecule has 0 amide bonds. The summed E-state index contributed by atoms with van der Waals surface area (Å²) in [5.74, 6) is 4.27. The van der Waals surface area contributed by atoms with Gasteiger partial charge in [-0.1, -0.05) is 89.0 Å². The van der Waals surface area contributed by atoms with Gasteiger partial charge in [-0.3, -0.25) is 19.1 Å². The number of aromatic nitrogens is 6. The van der Waals surface area contributed by atoms with E-state index in [-0.39, 0.29) is 22.9 Å². The highest BCUT2D eigenvalue weighted by Gasteiger charge is 2.38. The van der Waals surface area contributed by atoms with Gasteiger partial charge in [-0.25, -0.2) is 0 Å². The first-order valence-electron chi connectivity index (χ1n) is 18.3. The summed E-state index contributed by atoms with van der Waals surface area (Å²) >= 11 is 14.0. The van der Waals surface area contributed by atoms with E-state index in [1.165, 1.54) is 16.0 Å². The van der Waals surface area contributed by atoms with E-state index in [1.807, 2.05) is 68.4 Å². The lowest BCUT2D eigenvalue weighted by atomic mass is 9.86. The minimum atomic E-state index is -0.155. The SMILES string of the molecule is COc1ccc2c(c1)C(c1ccc(Cl)cc1)=NC(C(C)(C)C)c1nnc(C)n1-2.Cc1sc2c(c1C)C(c1ccc(Cl)cc1)=NC(C(C)(C)C)c1nnc(C)n1-2. The first-order chi connectivity index (χ1) is 26.0. The topological polar surface area (TPSA) is 95.4 Å². The van der Waals surface area contributed by atoms with Gasteiger partial charge < -0.3 is 4.74 Å². The lowest BCUT2D eigenvalue weighted by molar-refractivity contribution is 0.315. The molecule has 3 aromatic carbocycles. The number of nitrogens with zero attached hydrogens (tertiary/aromatic N) is 8. The number of methoxy groups -OCH3 is 1. The van der Waals surface area contributed by atoms with E-state index in [0.717, 1.165) is 72.9 Å². The number of ether oxygens (including phenoxy) is 1. The Morgan fingerprint density at radius 2 is 1.13 bits per heavy atom. The van der Waals surface area contributed by atoms with Crippen LogP contribution in [0.25, 0.3) is 10.7 Å². The zero-order chi connectivity index (χ0) is 39.6. The summed E-state index contributed by atoms with van der Waals surface area (Å²) in [5.41, 5.74) is 8.18. The number of benzene rings is 3. The second kappa shape index (κ2) is 14.5. The molecule has 2 aliphatic heterocycles. The molecule has 2 aliphatic rings. The van der Waals surface area contributed by atoms with E-state index in [0.29, 0.717) is 5.02 Å². The third-order valence-electron chi connectivity index (χ3n) is 10.1. The van der Waals surface area contributed by atoms with Crippen LogP contribution in [0.3, 0.4) is 0 Å². The second-order valence-corrected chi connectivity index (χ2v) is 18.3. The number of aliphatic imine (C=N–C) groups is 2. The third kappa shape index (κ3) is 7.16. The van der Waals surface area contributed by atoms with Gasteiger partial charge in [0.05, 0.1) is 24.2 Å². The van der Waals surface area contributed by atoms with Crippen LogP contribution in [0.5, 0.6) is 5.75 Å². The zero-order valence-electron chi connectivity index (χ0n) is 33.2. The molecule has 2 unspecified atom stereocenters. The molecule has 5 heterocycles. The van der Waals surface area contributed by atoms with Gasteiger partial charge >= 0.3 is 0 Å².